The molecule has 3 rings (SSSR count). The molecule has 380 valence electrons. The molecule has 0 bridgehead atoms. The maximum absolute atomic E-state index is 11.6. The lowest BCUT2D eigenvalue weighted by Crippen LogP contribution is -2.43. The smallest absolute Gasteiger partial charge is 0.330 e. The highest BCUT2D eigenvalue weighted by Gasteiger charge is 2.26. The lowest BCUT2D eigenvalue weighted by molar-refractivity contribution is -0.162. The van der Waals surface area contributed by atoms with Gasteiger partial charge in [-0.1, -0.05) is 46.2 Å². The number of carbonyl (C=O) groups excluding carboxylic acids is 4. The van der Waals surface area contributed by atoms with E-state index in [1.54, 1.807) is 44.3 Å². The molecule has 1 aromatic heterocycles. The molecule has 2 heterocycles. The molecule has 67 heavy (non-hydrogen) atoms. The molecule has 0 saturated carbocycles. The van der Waals surface area contributed by atoms with Crippen LogP contribution in [-0.4, -0.2) is 145 Å². The van der Waals surface area contributed by atoms with Gasteiger partial charge in [-0.15, -0.1) is 0 Å². The van der Waals surface area contributed by atoms with Gasteiger partial charge >= 0.3 is 47.8 Å². The molecule has 8 atom stereocenters. The highest BCUT2D eigenvalue weighted by Crippen LogP contribution is 2.14. The van der Waals surface area contributed by atoms with Crippen LogP contribution in [0.15, 0.2) is 36.8 Å². The Kier molecular flexibility index (Phi) is 34.6. The third-order valence-electron chi connectivity index (χ3n) is 8.59. The second kappa shape index (κ2) is 35.8. The van der Waals surface area contributed by atoms with E-state index in [1.165, 1.54) is 13.3 Å². The number of amides is 1. The number of primary amides is 1. The minimum absolute atomic E-state index is 0.0208. The fourth-order valence-electron chi connectivity index (χ4n) is 4.17. The lowest BCUT2D eigenvalue weighted by Gasteiger charge is -2.17. The third-order valence-corrected chi connectivity index (χ3v) is 8.59. The van der Waals surface area contributed by atoms with Crippen molar-refractivity contribution in [2.24, 2.45) is 57.7 Å². The van der Waals surface area contributed by atoms with E-state index >= 15 is 0 Å². The summed E-state index contributed by atoms with van der Waals surface area (Å²) in [7, 11) is 0. The van der Waals surface area contributed by atoms with Gasteiger partial charge in [-0.25, -0.2) is 19.4 Å². The van der Waals surface area contributed by atoms with E-state index in [0.29, 0.717) is 11.4 Å². The summed E-state index contributed by atoms with van der Waals surface area (Å²) in [6.07, 6.45) is 5.69. The minimum atomic E-state index is -1.21. The number of carbonyl (C=O) groups is 9. The quantitative estimate of drug-likeness (QED) is 0.0397. The summed E-state index contributed by atoms with van der Waals surface area (Å²) in [5, 5.41) is 43.8. The first-order valence-corrected chi connectivity index (χ1v) is 20.4. The van der Waals surface area contributed by atoms with Gasteiger partial charge in [-0.05, 0) is 62.3 Å². The number of benzene rings is 1. The first kappa shape index (κ1) is 64.8. The number of aromatic amines is 1. The molecular weight excluding hydrogens is 891 g/mol. The summed E-state index contributed by atoms with van der Waals surface area (Å²) in [6, 6.07) is 0.954. The van der Waals surface area contributed by atoms with Crippen LogP contribution in [-0.2, 0) is 60.7 Å². The molecular formula is C40H69N11O16. The Balaban J connectivity index is -0.000000781. The molecule has 23 N–H and O–H groups in total. The predicted octanol–water partition coefficient (Wildman–Crippen LogP) is -3.20. The zero-order valence-electron chi connectivity index (χ0n) is 38.1. The van der Waals surface area contributed by atoms with Crippen molar-refractivity contribution in [1.82, 2.24) is 15.3 Å². The maximum Gasteiger partial charge on any atom is 0.330 e. The second-order valence-corrected chi connectivity index (χ2v) is 14.8. The van der Waals surface area contributed by atoms with Crippen LogP contribution in [0.5, 0.6) is 5.75 Å². The van der Waals surface area contributed by atoms with Crippen molar-refractivity contribution in [1.29, 1.82) is 0 Å². The number of nitrogens with two attached hydrogens (primary N) is 8. The van der Waals surface area contributed by atoms with Gasteiger partial charge in [0.05, 0.1) is 19.3 Å². The molecule has 1 amide bonds. The van der Waals surface area contributed by atoms with Crippen LogP contribution in [0.25, 0.3) is 0 Å². The Morgan fingerprint density at radius 3 is 1.60 bits per heavy atom. The minimum Gasteiger partial charge on any atom is -0.480 e. The number of rotatable bonds is 18. The number of aliphatic carboxylic acids is 5. The van der Waals surface area contributed by atoms with E-state index in [2.05, 4.69) is 31.5 Å². The molecule has 1 fully saturated rings. The molecule has 27 nitrogen and oxygen atoms in total. The number of imidazole rings is 1. The number of aromatic nitrogens is 2. The Hall–Kier alpha value is -6.46. The summed E-state index contributed by atoms with van der Waals surface area (Å²) in [6.45, 7) is 9.39. The second-order valence-electron chi connectivity index (χ2n) is 14.8. The third kappa shape index (κ3) is 32.8. The number of hydrogen-bond acceptors (Lipinski definition) is 20. The van der Waals surface area contributed by atoms with Crippen molar-refractivity contribution in [2.75, 3.05) is 13.1 Å². The number of esters is 3. The normalized spacial score (nSPS) is 15.4. The zero-order valence-corrected chi connectivity index (χ0v) is 38.1. The van der Waals surface area contributed by atoms with Crippen LogP contribution in [0, 0.1) is 11.8 Å². The Morgan fingerprint density at radius 2 is 1.28 bits per heavy atom. The highest BCUT2D eigenvalue weighted by atomic mass is 16.6. The fraction of sp³-hybridized carbons (Fsp3) is 0.550. The zero-order chi connectivity index (χ0) is 52.6. The largest absolute Gasteiger partial charge is 0.480 e. The van der Waals surface area contributed by atoms with Crippen LogP contribution in [0.4, 0.5) is 0 Å². The Bertz CT molecular complexity index is 1800. The van der Waals surface area contributed by atoms with Gasteiger partial charge in [0.15, 0.2) is 0 Å². The molecule has 1 saturated heterocycles. The average molecular weight is 960 g/mol. The van der Waals surface area contributed by atoms with Crippen molar-refractivity contribution in [3.05, 3.63) is 48.0 Å². The van der Waals surface area contributed by atoms with Crippen LogP contribution < -0.4 is 55.9 Å². The first-order chi connectivity index (χ1) is 31.0. The standard InChI is InChI=1S/C12H20N4O3.C12H16N2O4.C5H9NO2.C5H11NO2.C4H8N2O3.C2H5NO2/c1-3-7(2)10(14)12(18)19-11(17)9(13)4-8-5-15-6-16-8;1-7(13)12(17)18-9-4-2-8(3-5-9)6-10(14)11(15)16;7-5(8)4-2-1-3-6-4;1-3(2)4(6)5(7)8;5-2(4(8)9)1-3(6)7;3-1-2(4)5/h5-7,9-10H,3-4,13-14H2,1-2H3,(H,15,16);2-5,7,10H,6,13-14H2,1H3,(H,15,16);4,6H,1-3H2,(H,7,8);3-4H,6H2,1-2H3,(H,7,8);2H,1,5H2,(H2,6,7)(H,8,9);1,3H2,(H,4,5)/t7-,9-,10-;7-,10-;2*4-;2-;/m00000./s1. The number of carboxylic acid groups (broad SMARTS) is 5. The topological polar surface area (TPSA) is 522 Å². The highest BCUT2D eigenvalue weighted by molar-refractivity contribution is 5.91. The van der Waals surface area contributed by atoms with Crippen LogP contribution >= 0.6 is 0 Å². The summed E-state index contributed by atoms with van der Waals surface area (Å²) in [5.74, 6) is -7.29. The van der Waals surface area contributed by atoms with Crippen molar-refractivity contribution in [3.8, 4) is 5.75 Å². The monoisotopic (exact) mass is 959 g/mol. The van der Waals surface area contributed by atoms with E-state index in [0.717, 1.165) is 31.4 Å². The summed E-state index contributed by atoms with van der Waals surface area (Å²) in [5.41, 5.74) is 42.8. The van der Waals surface area contributed by atoms with Crippen LogP contribution in [0.3, 0.4) is 0 Å². The average Bonchev–Trinajstić information content (AvgIpc) is 4.00. The maximum atomic E-state index is 11.6. The SMILES string of the molecule is CC(C)[C@H](N)C(=O)O.CC[C@H](C)[C@H](N)C(=O)OC(=O)[C@@H](N)Cc1cnc[nH]1.C[C@H](N)C(=O)Oc1ccc(C[C@H](N)C(=O)O)cc1.NC(=O)C[C@H](N)C(=O)O.NCC(=O)O.O=C(O)[C@@H]1CCCN1. The summed E-state index contributed by atoms with van der Waals surface area (Å²) >= 11 is 0. The van der Waals surface area contributed by atoms with Gasteiger partial charge in [0, 0.05) is 18.3 Å². The summed E-state index contributed by atoms with van der Waals surface area (Å²) < 4.78 is 9.66. The van der Waals surface area contributed by atoms with Crippen molar-refractivity contribution in [2.45, 2.75) is 115 Å². The molecule has 1 aliphatic heterocycles. The van der Waals surface area contributed by atoms with Crippen LogP contribution in [0.1, 0.15) is 71.6 Å². The van der Waals surface area contributed by atoms with Crippen molar-refractivity contribution < 1.29 is 78.2 Å². The van der Waals surface area contributed by atoms with E-state index in [-0.39, 0.29) is 43.7 Å². The molecule has 0 radical (unpaired) electrons. The van der Waals surface area contributed by atoms with E-state index in [9.17, 15) is 43.2 Å². The van der Waals surface area contributed by atoms with Gasteiger partial charge in [0.2, 0.25) is 5.91 Å². The number of nitrogens with zero attached hydrogens (tertiary/aromatic N) is 1. The lowest BCUT2D eigenvalue weighted by atomic mass is 10.0. The van der Waals surface area contributed by atoms with E-state index < -0.39 is 89.9 Å². The number of hydrogen-bond donors (Lipinski definition) is 15. The molecule has 1 aliphatic rings. The van der Waals surface area contributed by atoms with E-state index in [1.807, 2.05) is 13.8 Å². The fourth-order valence-corrected chi connectivity index (χ4v) is 4.17. The Morgan fingerprint density at radius 1 is 0.746 bits per heavy atom. The van der Waals surface area contributed by atoms with Gasteiger partial charge in [-0.3, -0.25) is 28.8 Å². The van der Waals surface area contributed by atoms with Gasteiger partial charge in [0.25, 0.3) is 0 Å². The summed E-state index contributed by atoms with van der Waals surface area (Å²) in [4.78, 5) is 101. The molecule has 2 aromatic rings. The molecule has 0 aliphatic carbocycles. The van der Waals surface area contributed by atoms with Gasteiger partial charge in [-0.2, -0.15) is 0 Å². The van der Waals surface area contributed by atoms with Crippen molar-refractivity contribution in [3.63, 3.8) is 0 Å². The first-order valence-electron chi connectivity index (χ1n) is 20.4. The molecule has 27 heteroatoms. The number of carboxylic acids is 5. The number of ether oxygens (including phenoxy) is 2. The Labute approximate surface area is 386 Å². The van der Waals surface area contributed by atoms with Gasteiger partial charge in [0.1, 0.15) is 48.0 Å². The van der Waals surface area contributed by atoms with Crippen LogP contribution in [0.2, 0.25) is 0 Å². The molecule has 0 unspecified atom stereocenters. The number of H-pyrrole nitrogens is 1. The van der Waals surface area contributed by atoms with E-state index in [4.69, 9.17) is 64.7 Å². The predicted molar refractivity (Wildman–Crippen MR) is 239 cm³/mol. The van der Waals surface area contributed by atoms with Crippen molar-refractivity contribution >= 4 is 53.7 Å². The molecule has 1 aromatic carbocycles. The van der Waals surface area contributed by atoms with Gasteiger partial charge < -0.3 is 91.2 Å². The number of nitrogens with one attached hydrogen (secondary N) is 2. The molecule has 0 spiro atoms.